The molecule has 0 atom stereocenters. The first-order chi connectivity index (χ1) is 7.75. The quantitative estimate of drug-likeness (QED) is 0.630. The molecule has 0 saturated carbocycles. The number of hydrogen-bond acceptors (Lipinski definition) is 3. The second kappa shape index (κ2) is 3.73. The van der Waals surface area contributed by atoms with Gasteiger partial charge in [0.15, 0.2) is 5.65 Å². The van der Waals surface area contributed by atoms with E-state index in [0.29, 0.717) is 16.0 Å². The van der Waals surface area contributed by atoms with Crippen LogP contribution in [-0.4, -0.2) is 14.4 Å². The largest absolute Gasteiger partial charge is 0.266 e. The van der Waals surface area contributed by atoms with E-state index in [4.69, 9.17) is 23.2 Å². The summed E-state index contributed by atoms with van der Waals surface area (Å²) in [7, 11) is 0. The number of halogens is 2. The first-order valence-electron chi connectivity index (χ1n) is 4.48. The van der Waals surface area contributed by atoms with Crippen molar-refractivity contribution in [1.29, 1.82) is 0 Å². The van der Waals surface area contributed by atoms with Crippen molar-refractivity contribution in [3.8, 4) is 11.4 Å². The van der Waals surface area contributed by atoms with Crippen LogP contribution in [0.2, 0.25) is 10.3 Å². The van der Waals surface area contributed by atoms with Crippen molar-refractivity contribution in [3.05, 3.63) is 39.4 Å². The Bertz CT molecular complexity index is 645. The highest BCUT2D eigenvalue weighted by Crippen LogP contribution is 2.26. The Morgan fingerprint density at radius 1 is 1.31 bits per heavy atom. The molecule has 16 heavy (non-hydrogen) atoms. The van der Waals surface area contributed by atoms with E-state index < -0.39 is 0 Å². The fourth-order valence-corrected chi connectivity index (χ4v) is 2.68. The van der Waals surface area contributed by atoms with Crippen molar-refractivity contribution in [2.24, 2.45) is 0 Å². The Kier molecular flexibility index (Phi) is 2.35. The van der Waals surface area contributed by atoms with Gasteiger partial charge in [-0.25, -0.2) is 9.97 Å². The molecule has 6 heteroatoms. The minimum absolute atomic E-state index is 0.370. The summed E-state index contributed by atoms with van der Waals surface area (Å²) in [6.07, 6.45) is 1.66. The van der Waals surface area contributed by atoms with Crippen LogP contribution >= 0.6 is 34.5 Å². The molecule has 0 unspecified atom stereocenters. The molecule has 3 aromatic heterocycles. The molecule has 0 aromatic carbocycles. The van der Waals surface area contributed by atoms with E-state index in [9.17, 15) is 0 Å². The number of nitrogens with zero attached hydrogens (tertiary/aromatic N) is 3. The molecule has 3 rings (SSSR count). The average molecular weight is 270 g/mol. The van der Waals surface area contributed by atoms with Crippen LogP contribution in [0.3, 0.4) is 0 Å². The molecule has 0 aliphatic carbocycles. The van der Waals surface area contributed by atoms with E-state index in [1.807, 2.05) is 16.8 Å². The van der Waals surface area contributed by atoms with Gasteiger partial charge in [0.2, 0.25) is 0 Å². The predicted molar refractivity (Wildman–Crippen MR) is 66.3 cm³/mol. The second-order valence-corrected chi connectivity index (χ2v) is 4.74. The SMILES string of the molecule is Clc1cc(Cl)n2c(-c3ccsc3)ncc2n1. The molecule has 0 aliphatic heterocycles. The van der Waals surface area contributed by atoms with Gasteiger partial charge in [-0.2, -0.15) is 11.3 Å². The lowest BCUT2D eigenvalue weighted by Gasteiger charge is -2.01. The molecule has 3 heterocycles. The number of thiophene rings is 1. The molecule has 0 saturated heterocycles. The molecule has 80 valence electrons. The van der Waals surface area contributed by atoms with Crippen LogP contribution < -0.4 is 0 Å². The Balaban J connectivity index is 2.36. The first kappa shape index (κ1) is 10.1. The van der Waals surface area contributed by atoms with Gasteiger partial charge in [0.1, 0.15) is 16.1 Å². The van der Waals surface area contributed by atoms with Crippen LogP contribution in [-0.2, 0) is 0 Å². The molecule has 3 nitrogen and oxygen atoms in total. The summed E-state index contributed by atoms with van der Waals surface area (Å²) in [5.41, 5.74) is 1.68. The average Bonchev–Trinajstić information content (AvgIpc) is 2.82. The third-order valence-corrected chi connectivity index (χ3v) is 3.35. The molecular formula is C10H5Cl2N3S. The third-order valence-electron chi connectivity index (χ3n) is 2.20. The maximum atomic E-state index is 6.13. The smallest absolute Gasteiger partial charge is 0.159 e. The summed E-state index contributed by atoms with van der Waals surface area (Å²) in [5.74, 6) is 0.783. The maximum absolute atomic E-state index is 6.13. The van der Waals surface area contributed by atoms with E-state index in [-0.39, 0.29) is 0 Å². The molecule has 0 amide bonds. The zero-order valence-corrected chi connectivity index (χ0v) is 10.2. The lowest BCUT2D eigenvalue weighted by molar-refractivity contribution is 1.12. The van der Waals surface area contributed by atoms with Crippen LogP contribution in [0.5, 0.6) is 0 Å². The highest BCUT2D eigenvalue weighted by molar-refractivity contribution is 7.08. The summed E-state index contributed by atoms with van der Waals surface area (Å²) in [4.78, 5) is 8.46. The van der Waals surface area contributed by atoms with Gasteiger partial charge >= 0.3 is 0 Å². The van der Waals surface area contributed by atoms with Crippen LogP contribution in [0.1, 0.15) is 0 Å². The minimum atomic E-state index is 0.370. The summed E-state index contributed by atoms with van der Waals surface area (Å²) in [6, 6.07) is 3.60. The standard InChI is InChI=1S/C10H5Cl2N3S/c11-7-3-8(12)15-9(14-7)4-13-10(15)6-1-2-16-5-6/h1-5H. The Labute approximate surface area is 105 Å². The topological polar surface area (TPSA) is 30.2 Å². The molecule has 0 radical (unpaired) electrons. The van der Waals surface area contributed by atoms with Crippen molar-refractivity contribution in [3.63, 3.8) is 0 Å². The molecule has 0 spiro atoms. The molecule has 3 aromatic rings. The van der Waals surface area contributed by atoms with Gasteiger partial charge in [0.25, 0.3) is 0 Å². The van der Waals surface area contributed by atoms with Gasteiger partial charge in [-0.05, 0) is 11.4 Å². The number of hydrogen-bond donors (Lipinski definition) is 0. The number of aromatic nitrogens is 3. The van der Waals surface area contributed by atoms with E-state index >= 15 is 0 Å². The lowest BCUT2D eigenvalue weighted by atomic mass is 10.3. The van der Waals surface area contributed by atoms with Gasteiger partial charge in [0, 0.05) is 17.0 Å². The van der Waals surface area contributed by atoms with Crippen molar-refractivity contribution < 1.29 is 0 Å². The number of imidazole rings is 1. The summed E-state index contributed by atoms with van der Waals surface area (Å²) in [5, 5.41) is 4.89. The number of rotatable bonds is 1. The highest BCUT2D eigenvalue weighted by Gasteiger charge is 2.11. The second-order valence-electron chi connectivity index (χ2n) is 3.19. The minimum Gasteiger partial charge on any atom is -0.266 e. The van der Waals surface area contributed by atoms with E-state index in [1.54, 1.807) is 28.0 Å². The Morgan fingerprint density at radius 2 is 2.19 bits per heavy atom. The Morgan fingerprint density at radius 3 is 2.94 bits per heavy atom. The normalized spacial score (nSPS) is 11.1. The molecule has 0 bridgehead atoms. The van der Waals surface area contributed by atoms with Gasteiger partial charge in [-0.15, -0.1) is 0 Å². The number of fused-ring (bicyclic) bond motifs is 1. The van der Waals surface area contributed by atoms with E-state index in [2.05, 4.69) is 9.97 Å². The van der Waals surface area contributed by atoms with Crippen molar-refractivity contribution >= 4 is 40.2 Å². The molecule has 0 aliphatic rings. The van der Waals surface area contributed by atoms with Gasteiger partial charge in [-0.3, -0.25) is 4.40 Å². The van der Waals surface area contributed by atoms with Gasteiger partial charge in [-0.1, -0.05) is 23.2 Å². The summed E-state index contributed by atoms with van der Waals surface area (Å²) < 4.78 is 1.77. The van der Waals surface area contributed by atoms with Crippen molar-refractivity contribution in [2.75, 3.05) is 0 Å². The van der Waals surface area contributed by atoms with Crippen LogP contribution in [0, 0.1) is 0 Å². The van der Waals surface area contributed by atoms with E-state index in [1.165, 1.54) is 0 Å². The fourth-order valence-electron chi connectivity index (χ4n) is 1.53. The van der Waals surface area contributed by atoms with Crippen molar-refractivity contribution in [2.45, 2.75) is 0 Å². The monoisotopic (exact) mass is 269 g/mol. The van der Waals surface area contributed by atoms with Gasteiger partial charge < -0.3 is 0 Å². The highest BCUT2D eigenvalue weighted by atomic mass is 35.5. The lowest BCUT2D eigenvalue weighted by Crippen LogP contribution is -1.92. The Hall–Kier alpha value is -1.10. The maximum Gasteiger partial charge on any atom is 0.159 e. The molecule has 0 fully saturated rings. The molecule has 0 N–H and O–H groups in total. The zero-order valence-electron chi connectivity index (χ0n) is 7.89. The summed E-state index contributed by atoms with van der Waals surface area (Å²) >= 11 is 13.6. The first-order valence-corrected chi connectivity index (χ1v) is 6.17. The third kappa shape index (κ3) is 1.50. The fraction of sp³-hybridized carbons (Fsp3) is 0. The van der Waals surface area contributed by atoms with Crippen LogP contribution in [0.25, 0.3) is 17.0 Å². The van der Waals surface area contributed by atoms with Crippen molar-refractivity contribution in [1.82, 2.24) is 14.4 Å². The zero-order chi connectivity index (χ0) is 11.1. The molecular weight excluding hydrogens is 265 g/mol. The predicted octanol–water partition coefficient (Wildman–Crippen LogP) is 3.76. The van der Waals surface area contributed by atoms with Crippen LogP contribution in [0.4, 0.5) is 0 Å². The summed E-state index contributed by atoms with van der Waals surface area (Å²) in [6.45, 7) is 0. The van der Waals surface area contributed by atoms with Gasteiger partial charge in [0.05, 0.1) is 6.20 Å². The van der Waals surface area contributed by atoms with Crippen LogP contribution in [0.15, 0.2) is 29.1 Å². The van der Waals surface area contributed by atoms with E-state index in [0.717, 1.165) is 11.4 Å².